The van der Waals surface area contributed by atoms with Crippen molar-refractivity contribution in [3.63, 3.8) is 0 Å². The van der Waals surface area contributed by atoms with Crippen LogP contribution in [-0.4, -0.2) is 22.9 Å². The van der Waals surface area contributed by atoms with Gasteiger partial charge in [-0.15, -0.1) is 0 Å². The average Bonchev–Trinajstić information content (AvgIpc) is 2.49. The zero-order valence-electron chi connectivity index (χ0n) is 11.5. The normalized spacial score (nSPS) is 11.9. The van der Waals surface area contributed by atoms with Gasteiger partial charge in [0, 0.05) is 6.42 Å². The van der Waals surface area contributed by atoms with E-state index in [0.29, 0.717) is 16.2 Å². The molecule has 0 saturated carbocycles. The van der Waals surface area contributed by atoms with Gasteiger partial charge in [0.05, 0.1) is 28.6 Å². The predicted octanol–water partition coefficient (Wildman–Crippen LogP) is 2.75. The molecule has 2 aromatic rings. The van der Waals surface area contributed by atoms with Crippen LogP contribution in [0.5, 0.6) is 5.75 Å². The maximum atomic E-state index is 13.5. The van der Waals surface area contributed by atoms with Crippen LogP contribution in [0.3, 0.4) is 0 Å². The van der Waals surface area contributed by atoms with Crippen LogP contribution in [0.25, 0.3) is 0 Å². The first-order valence-electron chi connectivity index (χ1n) is 6.38. The molecular weight excluding hydrogens is 291 g/mol. The van der Waals surface area contributed by atoms with Gasteiger partial charge in [0.25, 0.3) is 0 Å². The summed E-state index contributed by atoms with van der Waals surface area (Å²) in [6.45, 7) is 0. The molecule has 3 nitrogen and oxygen atoms in total. The predicted molar refractivity (Wildman–Crippen MR) is 79.4 cm³/mol. The molecule has 0 aliphatic rings. The smallest absolute Gasteiger partial charge is 0.150 e. The number of halogens is 1. The monoisotopic (exact) mass is 306 g/mol. The van der Waals surface area contributed by atoms with E-state index in [1.165, 1.54) is 13.2 Å². The lowest BCUT2D eigenvalue weighted by Gasteiger charge is -2.07. The topological polar surface area (TPSA) is 43.4 Å². The molecule has 0 aliphatic heterocycles. The van der Waals surface area contributed by atoms with Crippen molar-refractivity contribution in [1.82, 2.24) is 0 Å². The molecule has 0 amide bonds. The molecule has 2 rings (SSSR count). The van der Waals surface area contributed by atoms with Crippen LogP contribution < -0.4 is 4.74 Å². The second-order valence-corrected chi connectivity index (χ2v) is 5.87. The highest BCUT2D eigenvalue weighted by Crippen LogP contribution is 2.21. The van der Waals surface area contributed by atoms with Crippen LogP contribution in [0.4, 0.5) is 4.39 Å². The lowest BCUT2D eigenvalue weighted by Crippen LogP contribution is -2.14. The van der Waals surface area contributed by atoms with Gasteiger partial charge in [0.15, 0.2) is 0 Å². The second kappa shape index (κ2) is 7.13. The molecule has 0 saturated heterocycles. The fraction of sp³-hybridized carbons (Fsp3) is 0.188. The van der Waals surface area contributed by atoms with E-state index >= 15 is 0 Å². The van der Waals surface area contributed by atoms with Crippen molar-refractivity contribution in [1.29, 1.82) is 0 Å². The minimum Gasteiger partial charge on any atom is -0.495 e. The number of benzene rings is 2. The van der Waals surface area contributed by atoms with Crippen LogP contribution in [0.2, 0.25) is 0 Å². The Balaban J connectivity index is 2.06. The zero-order chi connectivity index (χ0) is 15.2. The third kappa shape index (κ3) is 3.98. The summed E-state index contributed by atoms with van der Waals surface area (Å²) in [5.74, 6) is -0.373. The number of ketones is 1. The largest absolute Gasteiger partial charge is 0.495 e. The molecule has 0 bridgehead atoms. The molecule has 110 valence electrons. The fourth-order valence-electron chi connectivity index (χ4n) is 1.94. The third-order valence-corrected chi connectivity index (χ3v) is 4.36. The molecule has 1 atom stereocenters. The molecule has 5 heteroatoms. The van der Waals surface area contributed by atoms with E-state index < -0.39 is 16.6 Å². The summed E-state index contributed by atoms with van der Waals surface area (Å²) in [6.07, 6.45) is -0.0619. The summed E-state index contributed by atoms with van der Waals surface area (Å²) in [5.41, 5.74) is 0.319. The Morgan fingerprint density at radius 2 is 1.81 bits per heavy atom. The summed E-state index contributed by atoms with van der Waals surface area (Å²) in [7, 11) is -0.0189. The summed E-state index contributed by atoms with van der Waals surface area (Å²) in [4.78, 5) is 12.4. The van der Waals surface area contributed by atoms with Crippen molar-refractivity contribution >= 4 is 16.6 Å². The number of para-hydroxylation sites is 1. The zero-order valence-corrected chi connectivity index (χ0v) is 12.4. The van der Waals surface area contributed by atoms with Crippen molar-refractivity contribution < 1.29 is 18.1 Å². The van der Waals surface area contributed by atoms with Crippen LogP contribution in [0, 0.1) is 5.82 Å². The van der Waals surface area contributed by atoms with Crippen LogP contribution in [0.1, 0.15) is 5.56 Å². The van der Waals surface area contributed by atoms with Gasteiger partial charge in [-0.3, -0.25) is 9.00 Å². The molecule has 2 aromatic carbocycles. The molecule has 1 unspecified atom stereocenters. The average molecular weight is 306 g/mol. The Morgan fingerprint density at radius 1 is 1.14 bits per heavy atom. The maximum absolute atomic E-state index is 13.5. The summed E-state index contributed by atoms with van der Waals surface area (Å²) in [5, 5.41) is 0. The van der Waals surface area contributed by atoms with E-state index in [4.69, 9.17) is 4.74 Å². The molecule has 21 heavy (non-hydrogen) atoms. The van der Waals surface area contributed by atoms with Gasteiger partial charge < -0.3 is 4.74 Å². The Kier molecular flexibility index (Phi) is 5.22. The Hall–Kier alpha value is -2.01. The Bertz CT molecular complexity index is 670. The highest BCUT2D eigenvalue weighted by atomic mass is 32.2. The van der Waals surface area contributed by atoms with E-state index in [9.17, 15) is 13.4 Å². The molecule has 0 N–H and O–H groups in total. The molecule has 0 radical (unpaired) electrons. The van der Waals surface area contributed by atoms with Gasteiger partial charge in [0.1, 0.15) is 17.3 Å². The SMILES string of the molecule is COc1ccccc1S(=O)CC(=O)Cc1ccccc1F. The first-order chi connectivity index (χ1) is 10.1. The maximum Gasteiger partial charge on any atom is 0.150 e. The van der Waals surface area contributed by atoms with E-state index in [-0.39, 0.29) is 18.0 Å². The highest BCUT2D eigenvalue weighted by Gasteiger charge is 2.15. The lowest BCUT2D eigenvalue weighted by atomic mass is 10.1. The first kappa shape index (κ1) is 15.4. The summed E-state index contributed by atoms with van der Waals surface area (Å²) >= 11 is 0. The van der Waals surface area contributed by atoms with Gasteiger partial charge >= 0.3 is 0 Å². The van der Waals surface area contributed by atoms with E-state index in [0.717, 1.165) is 0 Å². The van der Waals surface area contributed by atoms with Crippen LogP contribution in [0.15, 0.2) is 53.4 Å². The number of hydrogen-bond acceptors (Lipinski definition) is 3. The van der Waals surface area contributed by atoms with Crippen LogP contribution >= 0.6 is 0 Å². The molecule has 0 heterocycles. The van der Waals surface area contributed by atoms with Gasteiger partial charge in [0.2, 0.25) is 0 Å². The number of hydrogen-bond donors (Lipinski definition) is 0. The van der Waals surface area contributed by atoms with E-state index in [2.05, 4.69) is 0 Å². The quantitative estimate of drug-likeness (QED) is 0.824. The summed E-state index contributed by atoms with van der Waals surface area (Å²) in [6, 6.07) is 12.9. The van der Waals surface area contributed by atoms with E-state index in [1.807, 2.05) is 0 Å². The second-order valence-electron chi connectivity index (χ2n) is 4.45. The first-order valence-corrected chi connectivity index (χ1v) is 7.70. The van der Waals surface area contributed by atoms with Gasteiger partial charge in [-0.05, 0) is 23.8 Å². The Labute approximate surface area is 125 Å². The molecular formula is C16H15FO3S. The van der Waals surface area contributed by atoms with Crippen molar-refractivity contribution in [2.45, 2.75) is 11.3 Å². The minimum absolute atomic E-state index is 0.0619. The number of carbonyl (C=O) groups is 1. The molecule has 0 fully saturated rings. The third-order valence-electron chi connectivity index (χ3n) is 2.95. The lowest BCUT2D eigenvalue weighted by molar-refractivity contribution is -0.116. The van der Waals surface area contributed by atoms with Crippen molar-refractivity contribution in [3.8, 4) is 5.75 Å². The fourth-order valence-corrected chi connectivity index (χ4v) is 3.09. The Morgan fingerprint density at radius 3 is 2.52 bits per heavy atom. The van der Waals surface area contributed by atoms with E-state index in [1.54, 1.807) is 42.5 Å². The van der Waals surface area contributed by atoms with Crippen LogP contribution in [-0.2, 0) is 22.0 Å². The van der Waals surface area contributed by atoms with Gasteiger partial charge in [-0.25, -0.2) is 4.39 Å². The molecule has 0 aliphatic carbocycles. The highest BCUT2D eigenvalue weighted by molar-refractivity contribution is 7.85. The van der Waals surface area contributed by atoms with Crippen molar-refractivity contribution in [2.75, 3.05) is 12.9 Å². The molecule has 0 aromatic heterocycles. The van der Waals surface area contributed by atoms with Gasteiger partial charge in [-0.1, -0.05) is 30.3 Å². The number of methoxy groups -OCH3 is 1. The number of ether oxygens (including phenoxy) is 1. The van der Waals surface area contributed by atoms with Gasteiger partial charge in [-0.2, -0.15) is 0 Å². The number of Topliss-reactive ketones (excluding diaryl/α,β-unsaturated/α-hetero) is 1. The number of rotatable bonds is 6. The van der Waals surface area contributed by atoms with Crippen molar-refractivity contribution in [3.05, 3.63) is 59.9 Å². The van der Waals surface area contributed by atoms with Crippen molar-refractivity contribution in [2.24, 2.45) is 0 Å². The standard InChI is InChI=1S/C16H15FO3S/c1-20-15-8-4-5-9-16(15)21(19)11-13(18)10-12-6-2-3-7-14(12)17/h2-9H,10-11H2,1H3. The minimum atomic E-state index is -1.50. The summed E-state index contributed by atoms with van der Waals surface area (Å²) < 4.78 is 30.8. The molecule has 0 spiro atoms. The number of carbonyl (C=O) groups excluding carboxylic acids is 1.